The first kappa shape index (κ1) is 16.1. The molecule has 0 radical (unpaired) electrons. The molecule has 0 unspecified atom stereocenters. The molecule has 1 aliphatic heterocycles. The Hall–Kier alpha value is -2.76. The third kappa shape index (κ3) is 3.59. The maximum absolute atomic E-state index is 14.3. The maximum Gasteiger partial charge on any atom is 0.271 e. The molecular formula is C18H19FN4O. The van der Waals surface area contributed by atoms with Gasteiger partial charge in [-0.1, -0.05) is 0 Å². The van der Waals surface area contributed by atoms with E-state index < -0.39 is 0 Å². The van der Waals surface area contributed by atoms with Crippen LogP contribution in [0.3, 0.4) is 0 Å². The minimum absolute atomic E-state index is 0.260. The standard InChI is InChI=1S/C18H19FN4O/c1-13-10-17(23-8-2-3-9-23)16(19)11-15(13)12-21-22-18(24)14-4-6-20-7-5-14/h4-7,10-12H,2-3,8-9H2,1H3,(H,22,24)/b21-12-. The van der Waals surface area contributed by atoms with Crippen molar-refractivity contribution in [3.8, 4) is 0 Å². The van der Waals surface area contributed by atoms with Gasteiger partial charge in [0.25, 0.3) is 5.91 Å². The van der Waals surface area contributed by atoms with Crippen LogP contribution in [0.1, 0.15) is 34.3 Å². The molecule has 1 aliphatic rings. The van der Waals surface area contributed by atoms with Crippen LogP contribution in [0, 0.1) is 12.7 Å². The van der Waals surface area contributed by atoms with Crippen LogP contribution in [0.4, 0.5) is 10.1 Å². The summed E-state index contributed by atoms with van der Waals surface area (Å²) < 4.78 is 14.3. The zero-order valence-corrected chi connectivity index (χ0v) is 13.5. The third-order valence-electron chi connectivity index (χ3n) is 4.09. The van der Waals surface area contributed by atoms with Crippen LogP contribution in [0.5, 0.6) is 0 Å². The van der Waals surface area contributed by atoms with E-state index in [9.17, 15) is 9.18 Å². The summed E-state index contributed by atoms with van der Waals surface area (Å²) in [5, 5.41) is 3.92. The lowest BCUT2D eigenvalue weighted by Gasteiger charge is -2.19. The van der Waals surface area contributed by atoms with Crippen molar-refractivity contribution in [2.45, 2.75) is 19.8 Å². The first-order valence-electron chi connectivity index (χ1n) is 7.93. The lowest BCUT2D eigenvalue weighted by molar-refractivity contribution is 0.0955. The summed E-state index contributed by atoms with van der Waals surface area (Å²) in [7, 11) is 0. The number of nitrogens with zero attached hydrogens (tertiary/aromatic N) is 3. The maximum atomic E-state index is 14.3. The van der Waals surface area contributed by atoms with Gasteiger partial charge in [0.1, 0.15) is 5.82 Å². The summed E-state index contributed by atoms with van der Waals surface area (Å²) >= 11 is 0. The summed E-state index contributed by atoms with van der Waals surface area (Å²) in [6.45, 7) is 3.70. The summed E-state index contributed by atoms with van der Waals surface area (Å²) in [4.78, 5) is 17.8. The van der Waals surface area contributed by atoms with Crippen molar-refractivity contribution in [2.75, 3.05) is 18.0 Å². The fraction of sp³-hybridized carbons (Fsp3) is 0.278. The number of halogens is 1. The topological polar surface area (TPSA) is 57.6 Å². The van der Waals surface area contributed by atoms with Gasteiger partial charge in [-0.3, -0.25) is 9.78 Å². The molecule has 124 valence electrons. The third-order valence-corrected chi connectivity index (χ3v) is 4.09. The van der Waals surface area contributed by atoms with E-state index in [-0.39, 0.29) is 11.7 Å². The zero-order valence-electron chi connectivity index (χ0n) is 13.5. The highest BCUT2D eigenvalue weighted by molar-refractivity contribution is 5.94. The molecule has 1 N–H and O–H groups in total. The molecule has 5 nitrogen and oxygen atoms in total. The Morgan fingerprint density at radius 1 is 1.29 bits per heavy atom. The molecule has 3 rings (SSSR count). The Balaban J connectivity index is 1.71. The van der Waals surface area contributed by atoms with Crippen LogP contribution in [-0.2, 0) is 0 Å². The average Bonchev–Trinajstić information content (AvgIpc) is 3.12. The largest absolute Gasteiger partial charge is 0.369 e. The van der Waals surface area contributed by atoms with Crippen molar-refractivity contribution >= 4 is 17.8 Å². The van der Waals surface area contributed by atoms with Gasteiger partial charge in [-0.05, 0) is 49.6 Å². The summed E-state index contributed by atoms with van der Waals surface area (Å²) in [6, 6.07) is 6.50. The fourth-order valence-corrected chi connectivity index (χ4v) is 2.75. The van der Waals surface area contributed by atoms with Crippen molar-refractivity contribution in [3.05, 3.63) is 59.2 Å². The molecule has 0 aliphatic carbocycles. The van der Waals surface area contributed by atoms with Gasteiger partial charge in [0.15, 0.2) is 0 Å². The van der Waals surface area contributed by atoms with Crippen molar-refractivity contribution in [1.29, 1.82) is 0 Å². The molecule has 0 spiro atoms. The number of pyridine rings is 1. The predicted molar refractivity (Wildman–Crippen MR) is 91.9 cm³/mol. The van der Waals surface area contributed by atoms with E-state index in [0.717, 1.165) is 31.5 Å². The molecule has 1 amide bonds. The lowest BCUT2D eigenvalue weighted by Crippen LogP contribution is -2.19. The van der Waals surface area contributed by atoms with Crippen molar-refractivity contribution in [3.63, 3.8) is 0 Å². The normalized spacial score (nSPS) is 14.3. The second-order valence-corrected chi connectivity index (χ2v) is 5.79. The number of amides is 1. The van der Waals surface area contributed by atoms with Crippen LogP contribution < -0.4 is 10.3 Å². The molecule has 2 aromatic rings. The number of hydrazone groups is 1. The predicted octanol–water partition coefficient (Wildman–Crippen LogP) is 2.89. The monoisotopic (exact) mass is 326 g/mol. The molecule has 1 aromatic heterocycles. The molecule has 2 heterocycles. The van der Waals surface area contributed by atoms with Gasteiger partial charge in [0.2, 0.25) is 0 Å². The Morgan fingerprint density at radius 2 is 2.00 bits per heavy atom. The second kappa shape index (κ2) is 7.21. The van der Waals surface area contributed by atoms with E-state index in [2.05, 4.69) is 20.4 Å². The quantitative estimate of drug-likeness (QED) is 0.694. The van der Waals surface area contributed by atoms with Gasteiger partial charge in [0, 0.05) is 36.6 Å². The highest BCUT2D eigenvalue weighted by Gasteiger charge is 2.17. The summed E-state index contributed by atoms with van der Waals surface area (Å²) in [5.41, 5.74) is 5.10. The molecule has 6 heteroatoms. The first-order chi connectivity index (χ1) is 11.6. The lowest BCUT2D eigenvalue weighted by atomic mass is 10.1. The SMILES string of the molecule is Cc1cc(N2CCCC2)c(F)cc1/C=N\NC(=O)c1ccncc1. The first-order valence-corrected chi connectivity index (χ1v) is 7.93. The highest BCUT2D eigenvalue weighted by Crippen LogP contribution is 2.26. The number of carbonyl (C=O) groups is 1. The molecule has 1 fully saturated rings. The molecular weight excluding hydrogens is 307 g/mol. The summed E-state index contributed by atoms with van der Waals surface area (Å²) in [5.74, 6) is -0.593. The van der Waals surface area contributed by atoms with Gasteiger partial charge < -0.3 is 4.90 Å². The van der Waals surface area contributed by atoms with E-state index in [1.54, 1.807) is 12.1 Å². The van der Waals surface area contributed by atoms with Crippen LogP contribution in [-0.4, -0.2) is 30.2 Å². The number of aryl methyl sites for hydroxylation is 1. The van der Waals surface area contributed by atoms with Crippen molar-refractivity contribution in [1.82, 2.24) is 10.4 Å². The van der Waals surface area contributed by atoms with Crippen LogP contribution in [0.2, 0.25) is 0 Å². The number of rotatable bonds is 4. The van der Waals surface area contributed by atoms with Gasteiger partial charge >= 0.3 is 0 Å². The van der Waals surface area contributed by atoms with Gasteiger partial charge in [-0.2, -0.15) is 5.10 Å². The molecule has 1 saturated heterocycles. The minimum atomic E-state index is -0.333. The smallest absolute Gasteiger partial charge is 0.271 e. The van der Waals surface area contributed by atoms with Crippen LogP contribution in [0.15, 0.2) is 41.8 Å². The number of aromatic nitrogens is 1. The van der Waals surface area contributed by atoms with E-state index in [0.29, 0.717) is 16.8 Å². The van der Waals surface area contributed by atoms with Gasteiger partial charge in [-0.15, -0.1) is 0 Å². The fourth-order valence-electron chi connectivity index (χ4n) is 2.75. The Morgan fingerprint density at radius 3 is 2.71 bits per heavy atom. The number of carbonyl (C=O) groups excluding carboxylic acids is 1. The zero-order chi connectivity index (χ0) is 16.9. The van der Waals surface area contributed by atoms with E-state index in [4.69, 9.17) is 0 Å². The second-order valence-electron chi connectivity index (χ2n) is 5.79. The van der Waals surface area contributed by atoms with Crippen molar-refractivity contribution < 1.29 is 9.18 Å². The number of nitrogens with one attached hydrogen (secondary N) is 1. The number of benzene rings is 1. The number of anilines is 1. The minimum Gasteiger partial charge on any atom is -0.369 e. The highest BCUT2D eigenvalue weighted by atomic mass is 19.1. The van der Waals surface area contributed by atoms with Crippen LogP contribution in [0.25, 0.3) is 0 Å². The molecule has 1 aromatic carbocycles. The van der Waals surface area contributed by atoms with Crippen LogP contribution >= 0.6 is 0 Å². The van der Waals surface area contributed by atoms with E-state index in [1.165, 1.54) is 24.7 Å². The average molecular weight is 326 g/mol. The Bertz CT molecular complexity index is 755. The molecule has 0 bridgehead atoms. The van der Waals surface area contributed by atoms with E-state index >= 15 is 0 Å². The van der Waals surface area contributed by atoms with Gasteiger partial charge in [-0.25, -0.2) is 9.82 Å². The van der Waals surface area contributed by atoms with Gasteiger partial charge in [0.05, 0.1) is 11.9 Å². The Labute approximate surface area is 140 Å². The molecule has 24 heavy (non-hydrogen) atoms. The number of hydrogen-bond acceptors (Lipinski definition) is 4. The summed E-state index contributed by atoms with van der Waals surface area (Å²) in [6.07, 6.45) is 6.74. The van der Waals surface area contributed by atoms with Crippen molar-refractivity contribution in [2.24, 2.45) is 5.10 Å². The van der Waals surface area contributed by atoms with E-state index in [1.807, 2.05) is 13.0 Å². The number of hydrogen-bond donors (Lipinski definition) is 1. The Kier molecular flexibility index (Phi) is 4.84. The molecule has 0 saturated carbocycles. The molecule has 0 atom stereocenters.